The van der Waals surface area contributed by atoms with Crippen molar-refractivity contribution in [1.29, 1.82) is 0 Å². The van der Waals surface area contributed by atoms with Gasteiger partial charge in [-0.05, 0) is 44.2 Å². The Morgan fingerprint density at radius 2 is 1.32 bits per heavy atom. The molecule has 0 fully saturated rings. The van der Waals surface area contributed by atoms with Gasteiger partial charge in [0.1, 0.15) is 11.2 Å². The van der Waals surface area contributed by atoms with Gasteiger partial charge in [0, 0.05) is 55.6 Å². The summed E-state index contributed by atoms with van der Waals surface area (Å²) in [6.45, 7) is 3.96. The molecule has 0 aliphatic carbocycles. The number of H-pyrrole nitrogens is 2. The summed E-state index contributed by atoms with van der Waals surface area (Å²) in [5, 5.41) is 4.95. The number of aryl methyl sites for hydroxylation is 2. The number of rotatable bonds is 2. The molecule has 5 aromatic rings. The second-order valence-corrected chi connectivity index (χ2v) is 8.24. The Kier molecular flexibility index (Phi) is 3.52. The van der Waals surface area contributed by atoms with E-state index in [9.17, 15) is 9.18 Å². The molecule has 0 atom stereocenters. The third-order valence-electron chi connectivity index (χ3n) is 6.51. The van der Waals surface area contributed by atoms with Crippen molar-refractivity contribution in [3.8, 4) is 0 Å². The van der Waals surface area contributed by atoms with Crippen LogP contribution < -0.4 is 5.32 Å². The van der Waals surface area contributed by atoms with Gasteiger partial charge in [0.05, 0.1) is 0 Å². The zero-order chi connectivity index (χ0) is 21.3. The number of carbonyl (C=O) groups excluding carboxylic acids is 1. The number of hydrogen-bond donors (Lipinski definition) is 3. The van der Waals surface area contributed by atoms with Crippen LogP contribution in [0.2, 0.25) is 0 Å². The van der Waals surface area contributed by atoms with E-state index in [-0.39, 0.29) is 11.7 Å². The third kappa shape index (κ3) is 2.20. The zero-order valence-corrected chi connectivity index (χ0v) is 17.1. The highest BCUT2D eigenvalue weighted by Crippen LogP contribution is 2.53. The topological polar surface area (TPSA) is 60.7 Å². The van der Waals surface area contributed by atoms with Crippen LogP contribution in [0, 0.1) is 19.7 Å². The lowest BCUT2D eigenvalue weighted by Gasteiger charge is -2.30. The second kappa shape index (κ2) is 6.08. The number of anilines is 1. The summed E-state index contributed by atoms with van der Waals surface area (Å²) in [4.78, 5) is 20.9. The Balaban J connectivity index is 1.86. The third-order valence-corrected chi connectivity index (χ3v) is 6.51. The van der Waals surface area contributed by atoms with Gasteiger partial charge in [-0.3, -0.25) is 4.79 Å². The maximum absolute atomic E-state index is 14.6. The van der Waals surface area contributed by atoms with Gasteiger partial charge in [0.2, 0.25) is 5.91 Å². The molecule has 4 nitrogen and oxygen atoms in total. The van der Waals surface area contributed by atoms with Crippen LogP contribution in [0.25, 0.3) is 21.8 Å². The predicted molar refractivity (Wildman–Crippen MR) is 121 cm³/mol. The largest absolute Gasteiger partial charge is 0.358 e. The molecule has 1 aliphatic heterocycles. The maximum atomic E-state index is 14.6. The molecule has 0 unspecified atom stereocenters. The van der Waals surface area contributed by atoms with E-state index in [1.807, 2.05) is 62.4 Å². The van der Waals surface area contributed by atoms with Gasteiger partial charge in [-0.25, -0.2) is 4.39 Å². The summed E-state index contributed by atoms with van der Waals surface area (Å²) in [7, 11) is 0. The molecular weight excluding hydrogens is 389 g/mol. The lowest BCUT2D eigenvalue weighted by Crippen LogP contribution is -2.38. The standard InChI is InChI=1S/C26H20FN3O/c1-14-23(17-7-3-5-9-20(17)28-14)26(19-13-16(27)11-12-22(19)30-25(26)31)24-15(2)29-21-10-6-4-8-18(21)24/h3-13,28-29H,1-2H3,(H,30,31). The molecule has 3 aromatic carbocycles. The second-order valence-electron chi connectivity index (χ2n) is 8.24. The Morgan fingerprint density at radius 3 is 1.90 bits per heavy atom. The molecule has 3 N–H and O–H groups in total. The molecule has 0 spiro atoms. The molecule has 1 aliphatic rings. The maximum Gasteiger partial charge on any atom is 0.244 e. The molecule has 152 valence electrons. The first-order chi connectivity index (χ1) is 15.0. The molecule has 0 bridgehead atoms. The summed E-state index contributed by atoms with van der Waals surface area (Å²) in [5.41, 5.74) is 5.48. The monoisotopic (exact) mass is 409 g/mol. The van der Waals surface area contributed by atoms with Crippen LogP contribution in [0.3, 0.4) is 0 Å². The summed E-state index contributed by atoms with van der Waals surface area (Å²) in [6.07, 6.45) is 0. The van der Waals surface area contributed by atoms with Crippen molar-refractivity contribution in [2.75, 3.05) is 5.32 Å². The fourth-order valence-corrected chi connectivity index (χ4v) is 5.42. The minimum Gasteiger partial charge on any atom is -0.358 e. The van der Waals surface area contributed by atoms with E-state index in [0.29, 0.717) is 11.3 Å². The van der Waals surface area contributed by atoms with Crippen LogP contribution in [0.1, 0.15) is 28.1 Å². The molecule has 1 amide bonds. The molecule has 0 radical (unpaired) electrons. The average Bonchev–Trinajstić information content (AvgIpc) is 3.36. The number of hydrogen-bond acceptors (Lipinski definition) is 1. The predicted octanol–water partition coefficient (Wildman–Crippen LogP) is 5.69. The molecule has 6 rings (SSSR count). The first kappa shape index (κ1) is 18.0. The van der Waals surface area contributed by atoms with Crippen molar-refractivity contribution in [1.82, 2.24) is 9.97 Å². The Bertz CT molecular complexity index is 1440. The molecule has 2 aromatic heterocycles. The quantitative estimate of drug-likeness (QED) is 0.345. The molecule has 3 heterocycles. The van der Waals surface area contributed by atoms with Crippen molar-refractivity contribution in [2.45, 2.75) is 19.3 Å². The highest BCUT2D eigenvalue weighted by atomic mass is 19.1. The van der Waals surface area contributed by atoms with E-state index in [2.05, 4.69) is 15.3 Å². The summed E-state index contributed by atoms with van der Waals surface area (Å²) in [6, 6.07) is 20.4. The molecule has 5 heteroatoms. The highest BCUT2D eigenvalue weighted by molar-refractivity contribution is 6.16. The van der Waals surface area contributed by atoms with Gasteiger partial charge in [-0.15, -0.1) is 0 Å². The van der Waals surface area contributed by atoms with Gasteiger partial charge in [0.15, 0.2) is 0 Å². The summed E-state index contributed by atoms with van der Waals surface area (Å²) >= 11 is 0. The minimum atomic E-state index is -1.19. The van der Waals surface area contributed by atoms with Crippen molar-refractivity contribution >= 4 is 33.4 Å². The number of halogens is 1. The minimum absolute atomic E-state index is 0.172. The Labute approximate surface area is 178 Å². The number of aromatic nitrogens is 2. The van der Waals surface area contributed by atoms with Crippen molar-refractivity contribution in [3.63, 3.8) is 0 Å². The van der Waals surface area contributed by atoms with Gasteiger partial charge in [-0.1, -0.05) is 36.4 Å². The highest BCUT2D eigenvalue weighted by Gasteiger charge is 2.53. The number of benzene rings is 3. The van der Waals surface area contributed by atoms with E-state index in [1.165, 1.54) is 12.1 Å². The number of amides is 1. The molecule has 0 saturated heterocycles. The van der Waals surface area contributed by atoms with Crippen molar-refractivity contribution < 1.29 is 9.18 Å². The number of aromatic amines is 2. The van der Waals surface area contributed by atoms with Crippen LogP contribution in [-0.4, -0.2) is 15.9 Å². The van der Waals surface area contributed by atoms with Crippen LogP contribution in [0.5, 0.6) is 0 Å². The number of carbonyl (C=O) groups is 1. The van der Waals surface area contributed by atoms with E-state index in [1.54, 1.807) is 6.07 Å². The van der Waals surface area contributed by atoms with Crippen LogP contribution in [0.4, 0.5) is 10.1 Å². The fourth-order valence-electron chi connectivity index (χ4n) is 5.42. The summed E-state index contributed by atoms with van der Waals surface area (Å²) in [5.74, 6) is -0.539. The normalized spacial score (nSPS) is 14.9. The van der Waals surface area contributed by atoms with Gasteiger partial charge < -0.3 is 15.3 Å². The Morgan fingerprint density at radius 1 is 0.774 bits per heavy atom. The van der Waals surface area contributed by atoms with Crippen LogP contribution >= 0.6 is 0 Å². The summed E-state index contributed by atoms with van der Waals surface area (Å²) < 4.78 is 14.6. The van der Waals surface area contributed by atoms with Crippen molar-refractivity contribution in [3.05, 3.63) is 101 Å². The van der Waals surface area contributed by atoms with Gasteiger partial charge in [0.25, 0.3) is 0 Å². The molecule has 0 saturated carbocycles. The lowest BCUT2D eigenvalue weighted by atomic mass is 9.68. The van der Waals surface area contributed by atoms with Gasteiger partial charge in [-0.2, -0.15) is 0 Å². The van der Waals surface area contributed by atoms with E-state index >= 15 is 0 Å². The fraction of sp³-hybridized carbons (Fsp3) is 0.115. The zero-order valence-electron chi connectivity index (χ0n) is 17.1. The number of fused-ring (bicyclic) bond motifs is 3. The van der Waals surface area contributed by atoms with E-state index < -0.39 is 5.41 Å². The van der Waals surface area contributed by atoms with E-state index in [0.717, 1.165) is 44.3 Å². The number of nitrogens with one attached hydrogen (secondary N) is 3. The first-order valence-electron chi connectivity index (χ1n) is 10.3. The molecule has 31 heavy (non-hydrogen) atoms. The number of para-hydroxylation sites is 2. The van der Waals surface area contributed by atoms with Crippen molar-refractivity contribution in [2.24, 2.45) is 0 Å². The smallest absolute Gasteiger partial charge is 0.244 e. The van der Waals surface area contributed by atoms with E-state index in [4.69, 9.17) is 0 Å². The molecular formula is C26H20FN3O. The van der Waals surface area contributed by atoms with Crippen LogP contribution in [-0.2, 0) is 10.2 Å². The first-order valence-corrected chi connectivity index (χ1v) is 10.3. The lowest BCUT2D eigenvalue weighted by molar-refractivity contribution is -0.118. The van der Waals surface area contributed by atoms with Gasteiger partial charge >= 0.3 is 0 Å². The van der Waals surface area contributed by atoms with Crippen LogP contribution in [0.15, 0.2) is 66.7 Å². The SMILES string of the molecule is Cc1[nH]c2ccccc2c1C1(c2c(C)[nH]c3ccccc23)C(=O)Nc2ccc(F)cc21. The Hall–Kier alpha value is -3.86. The average molecular weight is 409 g/mol.